The molecule has 0 radical (unpaired) electrons. The number of ether oxygens (including phenoxy) is 1. The van der Waals surface area contributed by atoms with Crippen molar-refractivity contribution < 1.29 is 60.3 Å². The number of likely N-dealkylation sites (tertiary alicyclic amines) is 2. The van der Waals surface area contributed by atoms with Crippen molar-refractivity contribution in [2.24, 2.45) is 29.6 Å². The monoisotopic (exact) mass is 1310 g/mol. The molecule has 8 fully saturated rings. The SMILES string of the molecule is Cc1cc(C)nc(N2CC3CC2CN(C(=O)c2nccnc2Br)C3)n1.Cc1cc(C)nc(N2CC3CC2CN(C(=O)c2nccnc2OCC2CC2)C3)n1.Cc1cc(C)nc(N2CC3CNCC2C3)n1.O=C(O)c1nccnc1Br.OCC1CC1.[H-].[Na+]. The molecule has 2 aliphatic carbocycles. The summed E-state index contributed by atoms with van der Waals surface area (Å²) in [5, 5.41) is 20.1. The van der Waals surface area contributed by atoms with Crippen LogP contribution in [0.3, 0.4) is 0 Å². The minimum atomic E-state index is -1.08. The molecule has 2 saturated carbocycles. The number of anilines is 3. The van der Waals surface area contributed by atoms with Crippen LogP contribution in [0, 0.1) is 71.1 Å². The number of piperidine rings is 3. The molecule has 12 heterocycles. The Labute approximate surface area is 541 Å². The van der Waals surface area contributed by atoms with Crippen LogP contribution in [0.4, 0.5) is 17.8 Å². The Morgan fingerprint density at radius 3 is 1.33 bits per heavy atom. The normalized spacial score (nSPS) is 22.1. The van der Waals surface area contributed by atoms with Gasteiger partial charge >= 0.3 is 35.5 Å². The molecule has 6 saturated heterocycles. The fraction of sp³-hybridized carbons (Fsp3) is 0.542. The Kier molecular flexibility index (Phi) is 22.0. The van der Waals surface area contributed by atoms with Crippen molar-refractivity contribution in [3.63, 3.8) is 0 Å². The average molecular weight is 1320 g/mol. The van der Waals surface area contributed by atoms with Crippen LogP contribution in [0.2, 0.25) is 0 Å². The summed E-state index contributed by atoms with van der Waals surface area (Å²) < 4.78 is 6.55. The van der Waals surface area contributed by atoms with Crippen LogP contribution in [0.1, 0.15) is 112 Å². The second-order valence-electron chi connectivity index (χ2n) is 23.4. The van der Waals surface area contributed by atoms with E-state index in [4.69, 9.17) is 14.9 Å². The van der Waals surface area contributed by atoms with Gasteiger partial charge in [0, 0.05) is 148 Å². The first-order chi connectivity index (χ1) is 40.9. The number of nitrogens with zero attached hydrogens (tertiary/aromatic N) is 17. The molecule has 2 amide bonds. The molecule has 27 heteroatoms. The third-order valence-electron chi connectivity index (χ3n) is 16.1. The minimum absolute atomic E-state index is 0. The molecule has 6 aliphatic heterocycles. The third-order valence-corrected chi connectivity index (χ3v) is 17.2. The van der Waals surface area contributed by atoms with Crippen LogP contribution >= 0.6 is 31.9 Å². The number of aryl methyl sites for hydroxylation is 6. The predicted octanol–water partition coefficient (Wildman–Crippen LogP) is 3.35. The van der Waals surface area contributed by atoms with Crippen LogP contribution in [0.5, 0.6) is 5.88 Å². The summed E-state index contributed by atoms with van der Waals surface area (Å²) in [6, 6.07) is 7.07. The molecule has 8 aliphatic rings. The number of hydrogen-bond donors (Lipinski definition) is 3. The number of carboxylic acids is 1. The Balaban J connectivity index is 0.000000153. The van der Waals surface area contributed by atoms with Gasteiger partial charge in [-0.3, -0.25) is 9.59 Å². The Hall–Kier alpha value is -6.03. The number of hydrogen-bond acceptors (Lipinski definition) is 21. The number of aliphatic hydroxyl groups excluding tert-OH is 1. The molecule has 14 rings (SSSR count). The van der Waals surface area contributed by atoms with E-state index in [1.807, 2.05) is 69.5 Å². The van der Waals surface area contributed by atoms with Gasteiger partial charge in [0.15, 0.2) is 17.1 Å². The van der Waals surface area contributed by atoms with E-state index in [1.165, 1.54) is 44.5 Å². The van der Waals surface area contributed by atoms with E-state index in [9.17, 15) is 14.4 Å². The molecule has 6 unspecified atom stereocenters. The van der Waals surface area contributed by atoms with Crippen LogP contribution in [0.15, 0.2) is 64.6 Å². The number of amides is 2. The van der Waals surface area contributed by atoms with Crippen LogP contribution in [-0.2, 0) is 0 Å². The summed E-state index contributed by atoms with van der Waals surface area (Å²) in [6.07, 6.45) is 17.3. The standard InChI is InChI=1S/C21H26N6O2.C17H19BrN6O.C12H18N4.C5H3BrN2O2.C4H8O.Na.H/c1-13-7-14(2)25-21(24-13)27-10-16-8-17(27)11-26(9-16)20(28)18-19(23-6-5-22-18)29-12-15-3-4-15;1-10-5-11(2)22-17(21-10)24-8-12-6-13(24)9-23(7-12)16(25)14-15(18)20-4-3-19-14;1-8-3-9(2)15-12(14-8)16-7-10-4-11(16)6-13-5-10;6-4-3(5(9)10)7-1-2-8-4;5-3-4-1-2-4;;/h5-7,15-17H,3-4,8-12H2,1-2H3;3-5,12-13H,6-9H2,1-2H3;3,10-11,13H,4-7H2,1-2H3;1-2H,(H,9,10);4-5H,1-3H2;;/q;;;;;+1;-1. The molecule has 3 N–H and O–H groups in total. The van der Waals surface area contributed by atoms with Gasteiger partial charge in [-0.2, -0.15) is 0 Å². The van der Waals surface area contributed by atoms with Crippen molar-refractivity contribution in [1.29, 1.82) is 0 Å². The number of aromatic nitrogens is 12. The number of fused-ring (bicyclic) bond motifs is 6. The van der Waals surface area contributed by atoms with Gasteiger partial charge in [0.05, 0.1) is 6.61 Å². The first kappa shape index (κ1) is 64.4. The number of aromatic carboxylic acids is 1. The van der Waals surface area contributed by atoms with E-state index in [0.29, 0.717) is 77.9 Å². The van der Waals surface area contributed by atoms with Crippen molar-refractivity contribution in [3.8, 4) is 5.88 Å². The van der Waals surface area contributed by atoms with Crippen molar-refractivity contribution in [1.82, 2.24) is 74.9 Å². The number of carbonyl (C=O) groups excluding carboxylic acids is 2. The number of halogens is 2. The molecule has 6 aromatic rings. The fourth-order valence-electron chi connectivity index (χ4n) is 11.9. The maximum absolute atomic E-state index is 13.2. The molecular weight excluding hydrogens is 1240 g/mol. The topological polar surface area (TPSA) is 284 Å². The Morgan fingerprint density at radius 1 is 0.523 bits per heavy atom. The zero-order valence-electron chi connectivity index (χ0n) is 50.9. The van der Waals surface area contributed by atoms with E-state index in [2.05, 4.69) is 112 Å². The Morgan fingerprint density at radius 2 is 0.919 bits per heavy atom. The molecular formula is C59H75Br2N18NaO6. The summed E-state index contributed by atoms with van der Waals surface area (Å²) in [5.41, 5.74) is 6.65. The van der Waals surface area contributed by atoms with Crippen LogP contribution in [0.25, 0.3) is 0 Å². The maximum Gasteiger partial charge on any atom is 1.00 e. The van der Waals surface area contributed by atoms with Gasteiger partial charge in [0.2, 0.25) is 23.7 Å². The third kappa shape index (κ3) is 16.8. The molecule has 452 valence electrons. The van der Waals surface area contributed by atoms with Crippen molar-refractivity contribution in [2.45, 2.75) is 105 Å². The summed E-state index contributed by atoms with van der Waals surface area (Å²) in [7, 11) is 0. The smallest absolute Gasteiger partial charge is 1.00 e. The second kappa shape index (κ2) is 29.3. The van der Waals surface area contributed by atoms with E-state index in [1.54, 1.807) is 24.8 Å². The minimum Gasteiger partial charge on any atom is -1.00 e. The molecule has 24 nitrogen and oxygen atoms in total. The quantitative estimate of drug-likeness (QED) is 0.166. The van der Waals surface area contributed by atoms with Gasteiger partial charge < -0.3 is 46.2 Å². The molecule has 86 heavy (non-hydrogen) atoms. The second-order valence-corrected chi connectivity index (χ2v) is 24.9. The molecule has 6 aromatic heterocycles. The van der Waals surface area contributed by atoms with Crippen molar-refractivity contribution >= 4 is 67.5 Å². The van der Waals surface area contributed by atoms with Gasteiger partial charge in [-0.25, -0.2) is 64.6 Å². The molecule has 6 atom stereocenters. The first-order valence-corrected chi connectivity index (χ1v) is 30.8. The van der Waals surface area contributed by atoms with Gasteiger partial charge in [-0.15, -0.1) is 0 Å². The summed E-state index contributed by atoms with van der Waals surface area (Å²) in [6.45, 7) is 20.9. The molecule has 6 bridgehead atoms. The average Bonchev–Trinajstić information content (AvgIpc) is 1.86. The van der Waals surface area contributed by atoms with Gasteiger partial charge in [0.1, 0.15) is 9.21 Å². The molecule has 0 spiro atoms. The predicted molar refractivity (Wildman–Crippen MR) is 325 cm³/mol. The van der Waals surface area contributed by atoms with Crippen molar-refractivity contribution in [3.05, 3.63) is 116 Å². The number of carbonyl (C=O) groups is 3. The van der Waals surface area contributed by atoms with E-state index in [-0.39, 0.29) is 65.2 Å². The largest absolute Gasteiger partial charge is 1.00 e. The van der Waals surface area contributed by atoms with Crippen LogP contribution < -0.4 is 54.3 Å². The van der Waals surface area contributed by atoms with E-state index >= 15 is 0 Å². The van der Waals surface area contributed by atoms with Crippen molar-refractivity contribution in [2.75, 3.05) is 86.8 Å². The summed E-state index contributed by atoms with van der Waals surface area (Å²) >= 11 is 6.26. The van der Waals surface area contributed by atoms with Gasteiger partial charge in [-0.1, -0.05) is 0 Å². The number of nitrogens with one attached hydrogen (secondary N) is 1. The van der Waals surface area contributed by atoms with Gasteiger partial charge in [-0.05, 0) is 173 Å². The van der Waals surface area contributed by atoms with E-state index < -0.39 is 5.97 Å². The number of rotatable bonds is 10. The summed E-state index contributed by atoms with van der Waals surface area (Å²) in [4.78, 5) is 98.8. The molecule has 0 aromatic carbocycles. The summed E-state index contributed by atoms with van der Waals surface area (Å²) in [5.74, 6) is 4.50. The number of carboxylic acid groups (broad SMARTS) is 1. The van der Waals surface area contributed by atoms with Gasteiger partial charge in [0.25, 0.3) is 11.8 Å². The number of aliphatic hydroxyl groups is 1. The zero-order chi connectivity index (χ0) is 59.9. The van der Waals surface area contributed by atoms with Crippen LogP contribution in [-0.4, -0.2) is 188 Å². The maximum atomic E-state index is 13.2. The Bertz CT molecular complexity index is 3300. The zero-order valence-corrected chi connectivity index (χ0v) is 55.1. The first-order valence-electron chi connectivity index (χ1n) is 29.2. The fourth-order valence-corrected chi connectivity index (χ4v) is 12.7. The van der Waals surface area contributed by atoms with E-state index in [0.717, 1.165) is 117 Å².